The van der Waals surface area contributed by atoms with E-state index >= 15 is 0 Å². The highest BCUT2D eigenvalue weighted by Crippen LogP contribution is 2.32. The Labute approximate surface area is 168 Å². The third kappa shape index (κ3) is 4.66. The van der Waals surface area contributed by atoms with Gasteiger partial charge in [-0.3, -0.25) is 4.79 Å². The van der Waals surface area contributed by atoms with Crippen molar-refractivity contribution in [1.29, 1.82) is 0 Å². The maximum Gasteiger partial charge on any atom is 0.337 e. The minimum Gasteiger partial charge on any atom is -0.486 e. The van der Waals surface area contributed by atoms with Crippen molar-refractivity contribution in [2.75, 3.05) is 39.2 Å². The van der Waals surface area contributed by atoms with Crippen molar-refractivity contribution in [3.63, 3.8) is 0 Å². The molecule has 0 saturated heterocycles. The van der Waals surface area contributed by atoms with Gasteiger partial charge in [0.15, 0.2) is 11.5 Å². The monoisotopic (exact) mass is 420 g/mol. The fraction of sp³-hybridized carbons (Fsp3) is 0.263. The molecule has 29 heavy (non-hydrogen) atoms. The van der Waals surface area contributed by atoms with Crippen LogP contribution in [0.3, 0.4) is 0 Å². The minimum absolute atomic E-state index is 0.000481. The average Bonchev–Trinajstić information content (AvgIpc) is 2.73. The number of carbonyl (C=O) groups excluding carboxylic acids is 2. The molecule has 1 amide bonds. The Kier molecular flexibility index (Phi) is 6.04. The summed E-state index contributed by atoms with van der Waals surface area (Å²) in [5.41, 5.74) is 0.761. The summed E-state index contributed by atoms with van der Waals surface area (Å²) in [7, 11) is -1.32. The van der Waals surface area contributed by atoms with Crippen molar-refractivity contribution in [2.45, 2.75) is 4.90 Å². The third-order valence-corrected chi connectivity index (χ3v) is 5.98. The number of anilines is 1. The highest BCUT2D eigenvalue weighted by molar-refractivity contribution is 7.89. The van der Waals surface area contributed by atoms with Crippen LogP contribution >= 0.6 is 0 Å². The largest absolute Gasteiger partial charge is 0.486 e. The number of methoxy groups -OCH3 is 1. The molecule has 1 aliphatic heterocycles. The van der Waals surface area contributed by atoms with Gasteiger partial charge in [-0.1, -0.05) is 0 Å². The molecule has 0 atom stereocenters. The first-order valence-electron chi connectivity index (χ1n) is 8.65. The van der Waals surface area contributed by atoms with Gasteiger partial charge < -0.3 is 19.5 Å². The number of benzene rings is 2. The molecule has 1 aliphatic rings. The molecule has 10 heteroatoms. The van der Waals surface area contributed by atoms with E-state index in [2.05, 4.69) is 10.1 Å². The zero-order valence-corrected chi connectivity index (χ0v) is 16.7. The van der Waals surface area contributed by atoms with Gasteiger partial charge in [0, 0.05) is 18.8 Å². The summed E-state index contributed by atoms with van der Waals surface area (Å²) in [6.07, 6.45) is 0. The van der Waals surface area contributed by atoms with E-state index in [0.717, 1.165) is 4.31 Å². The molecule has 0 spiro atoms. The van der Waals surface area contributed by atoms with Crippen LogP contribution in [-0.4, -0.2) is 58.5 Å². The number of nitrogens with one attached hydrogen (secondary N) is 1. The molecule has 0 fully saturated rings. The molecule has 0 aliphatic carbocycles. The van der Waals surface area contributed by atoms with E-state index in [1.807, 2.05) is 0 Å². The first-order chi connectivity index (χ1) is 13.8. The van der Waals surface area contributed by atoms with Crippen LogP contribution in [0, 0.1) is 0 Å². The Morgan fingerprint density at radius 1 is 1.07 bits per heavy atom. The van der Waals surface area contributed by atoms with Gasteiger partial charge in [0.05, 0.1) is 24.1 Å². The van der Waals surface area contributed by atoms with E-state index in [9.17, 15) is 18.0 Å². The van der Waals surface area contributed by atoms with Gasteiger partial charge in [0.25, 0.3) is 0 Å². The lowest BCUT2D eigenvalue weighted by molar-refractivity contribution is -0.116. The van der Waals surface area contributed by atoms with Crippen LogP contribution in [0.15, 0.2) is 47.4 Å². The molecular formula is C19H20N2O7S. The van der Waals surface area contributed by atoms with Gasteiger partial charge in [0.2, 0.25) is 15.9 Å². The van der Waals surface area contributed by atoms with Crippen molar-refractivity contribution >= 4 is 27.6 Å². The Morgan fingerprint density at radius 2 is 1.72 bits per heavy atom. The fourth-order valence-corrected chi connectivity index (χ4v) is 3.80. The van der Waals surface area contributed by atoms with Crippen LogP contribution in [0.1, 0.15) is 10.4 Å². The molecule has 9 nitrogen and oxygen atoms in total. The van der Waals surface area contributed by atoms with Crippen LogP contribution in [0.4, 0.5) is 5.69 Å². The molecular weight excluding hydrogens is 400 g/mol. The number of sulfonamides is 1. The average molecular weight is 420 g/mol. The normalized spacial score (nSPS) is 13.1. The number of amides is 1. The fourth-order valence-electron chi connectivity index (χ4n) is 2.66. The van der Waals surface area contributed by atoms with Crippen molar-refractivity contribution in [1.82, 2.24) is 4.31 Å². The summed E-state index contributed by atoms with van der Waals surface area (Å²) in [5.74, 6) is -0.195. The molecule has 0 unspecified atom stereocenters. The zero-order chi connectivity index (χ0) is 21.0. The lowest BCUT2D eigenvalue weighted by Gasteiger charge is -2.21. The van der Waals surface area contributed by atoms with E-state index in [1.54, 1.807) is 0 Å². The summed E-state index contributed by atoms with van der Waals surface area (Å²) in [4.78, 5) is 23.7. The van der Waals surface area contributed by atoms with Crippen LogP contribution < -0.4 is 14.8 Å². The van der Waals surface area contributed by atoms with Gasteiger partial charge in [-0.05, 0) is 36.4 Å². The third-order valence-electron chi connectivity index (χ3n) is 4.18. The van der Waals surface area contributed by atoms with Gasteiger partial charge in [-0.25, -0.2) is 13.2 Å². The molecule has 0 saturated carbocycles. The predicted molar refractivity (Wildman–Crippen MR) is 104 cm³/mol. The van der Waals surface area contributed by atoms with Gasteiger partial charge in [0.1, 0.15) is 13.2 Å². The van der Waals surface area contributed by atoms with Crippen LogP contribution in [0.5, 0.6) is 11.5 Å². The van der Waals surface area contributed by atoms with E-state index in [0.29, 0.717) is 36.0 Å². The summed E-state index contributed by atoms with van der Waals surface area (Å²) in [6.45, 7) is 0.346. The number of likely N-dealkylation sites (N-methyl/N-ethyl adjacent to an activating group) is 1. The Bertz CT molecular complexity index is 1020. The number of hydrogen-bond donors (Lipinski definition) is 1. The van der Waals surface area contributed by atoms with Crippen LogP contribution in [-0.2, 0) is 19.6 Å². The Hall–Kier alpha value is -3.11. The molecule has 154 valence electrons. The van der Waals surface area contributed by atoms with Crippen molar-refractivity contribution in [2.24, 2.45) is 0 Å². The molecule has 2 aromatic rings. The molecule has 0 bridgehead atoms. The molecule has 0 aromatic heterocycles. The van der Waals surface area contributed by atoms with Crippen molar-refractivity contribution in [3.05, 3.63) is 48.0 Å². The summed E-state index contributed by atoms with van der Waals surface area (Å²) < 4.78 is 41.9. The molecule has 0 radical (unpaired) electrons. The van der Waals surface area contributed by atoms with Gasteiger partial charge in [-0.2, -0.15) is 4.31 Å². The SMILES string of the molecule is COC(=O)c1ccc(NC(=O)CN(C)S(=O)(=O)c2ccc3c(c2)OCCO3)cc1. The van der Waals surface area contributed by atoms with Crippen LogP contribution in [0.2, 0.25) is 0 Å². The first kappa shape index (κ1) is 20.6. The Morgan fingerprint density at radius 3 is 2.38 bits per heavy atom. The molecule has 1 N–H and O–H groups in total. The van der Waals surface area contributed by atoms with E-state index < -0.39 is 28.4 Å². The predicted octanol–water partition coefficient (Wildman–Crippen LogP) is 1.50. The summed E-state index contributed by atoms with van der Waals surface area (Å²) in [6, 6.07) is 10.4. The quantitative estimate of drug-likeness (QED) is 0.705. The second-order valence-electron chi connectivity index (χ2n) is 6.18. The number of esters is 1. The minimum atomic E-state index is -3.91. The van der Waals surface area contributed by atoms with E-state index in [4.69, 9.17) is 9.47 Å². The number of hydrogen-bond acceptors (Lipinski definition) is 7. The van der Waals surface area contributed by atoms with Crippen molar-refractivity contribution in [3.8, 4) is 11.5 Å². The van der Waals surface area contributed by atoms with Gasteiger partial charge in [-0.15, -0.1) is 0 Å². The summed E-state index contributed by atoms with van der Waals surface area (Å²) in [5, 5.41) is 2.59. The summed E-state index contributed by atoms with van der Waals surface area (Å²) >= 11 is 0. The van der Waals surface area contributed by atoms with Gasteiger partial charge >= 0.3 is 5.97 Å². The van der Waals surface area contributed by atoms with Crippen molar-refractivity contribution < 1.29 is 32.2 Å². The maximum absolute atomic E-state index is 12.8. The number of carbonyl (C=O) groups is 2. The Balaban J connectivity index is 1.66. The lowest BCUT2D eigenvalue weighted by Crippen LogP contribution is -2.35. The highest BCUT2D eigenvalue weighted by Gasteiger charge is 2.25. The van der Waals surface area contributed by atoms with E-state index in [1.165, 1.54) is 56.6 Å². The number of nitrogens with zero attached hydrogens (tertiary/aromatic N) is 1. The molecule has 1 heterocycles. The first-order valence-corrected chi connectivity index (χ1v) is 10.1. The number of fused-ring (bicyclic) bond motifs is 1. The number of ether oxygens (including phenoxy) is 3. The lowest BCUT2D eigenvalue weighted by atomic mass is 10.2. The van der Waals surface area contributed by atoms with E-state index in [-0.39, 0.29) is 4.90 Å². The standard InChI is InChI=1S/C19H20N2O7S/c1-21(12-18(22)20-14-5-3-13(4-6-14)19(23)26-2)29(24,25)15-7-8-16-17(11-15)28-10-9-27-16/h3-8,11H,9-10,12H2,1-2H3,(H,20,22). The second-order valence-corrected chi connectivity index (χ2v) is 8.23. The smallest absolute Gasteiger partial charge is 0.337 e. The maximum atomic E-state index is 12.8. The topological polar surface area (TPSA) is 111 Å². The zero-order valence-electron chi connectivity index (χ0n) is 15.9. The second kappa shape index (κ2) is 8.50. The number of rotatable bonds is 6. The highest BCUT2D eigenvalue weighted by atomic mass is 32.2. The molecule has 2 aromatic carbocycles. The van der Waals surface area contributed by atoms with Crippen LogP contribution in [0.25, 0.3) is 0 Å². The molecule has 3 rings (SSSR count).